The van der Waals surface area contributed by atoms with Crippen molar-refractivity contribution >= 4 is 40.9 Å². The van der Waals surface area contributed by atoms with Crippen molar-refractivity contribution in [3.63, 3.8) is 0 Å². The third-order valence-electron chi connectivity index (χ3n) is 5.99. The van der Waals surface area contributed by atoms with Crippen LogP contribution in [0.25, 0.3) is 0 Å². The molecule has 2 amide bonds. The lowest BCUT2D eigenvalue weighted by Crippen LogP contribution is -2.47. The van der Waals surface area contributed by atoms with Gasteiger partial charge in [-0.1, -0.05) is 18.2 Å². The molecule has 0 aromatic heterocycles. The number of benzene rings is 2. The highest BCUT2D eigenvalue weighted by atomic mass is 32.2. The second-order valence-electron chi connectivity index (χ2n) is 8.16. The van der Waals surface area contributed by atoms with Gasteiger partial charge in [-0.15, -0.1) is 11.8 Å². The van der Waals surface area contributed by atoms with Gasteiger partial charge in [0.2, 0.25) is 0 Å². The van der Waals surface area contributed by atoms with Gasteiger partial charge >= 0.3 is 0 Å². The Labute approximate surface area is 190 Å². The van der Waals surface area contributed by atoms with Gasteiger partial charge in [0.15, 0.2) is 5.78 Å². The summed E-state index contributed by atoms with van der Waals surface area (Å²) in [7, 11) is 0. The number of imide groups is 1. The normalized spacial score (nSPS) is 18.3. The van der Waals surface area contributed by atoms with E-state index >= 15 is 0 Å². The van der Waals surface area contributed by atoms with Crippen molar-refractivity contribution in [1.29, 1.82) is 0 Å². The van der Waals surface area contributed by atoms with Crippen molar-refractivity contribution in [1.82, 2.24) is 4.90 Å². The van der Waals surface area contributed by atoms with E-state index < -0.39 is 17.9 Å². The van der Waals surface area contributed by atoms with Gasteiger partial charge in [0.25, 0.3) is 11.8 Å². The maximum atomic E-state index is 12.9. The number of carbonyl (C=O) groups is 5. The molecule has 1 fully saturated rings. The first-order valence-corrected chi connectivity index (χ1v) is 11.8. The molecule has 4 rings (SSSR count). The van der Waals surface area contributed by atoms with Gasteiger partial charge in [-0.2, -0.15) is 0 Å². The van der Waals surface area contributed by atoms with E-state index in [1.165, 1.54) is 0 Å². The molecule has 2 aromatic carbocycles. The summed E-state index contributed by atoms with van der Waals surface area (Å²) in [5.74, 6) is -1.43. The van der Waals surface area contributed by atoms with Crippen molar-refractivity contribution in [3.05, 3.63) is 64.7 Å². The van der Waals surface area contributed by atoms with Gasteiger partial charge in [-0.3, -0.25) is 28.9 Å². The van der Waals surface area contributed by atoms with E-state index in [2.05, 4.69) is 0 Å². The van der Waals surface area contributed by atoms with Crippen LogP contribution in [0.3, 0.4) is 0 Å². The van der Waals surface area contributed by atoms with Crippen LogP contribution >= 0.6 is 11.8 Å². The summed E-state index contributed by atoms with van der Waals surface area (Å²) in [6, 6.07) is 12.0. The van der Waals surface area contributed by atoms with Crippen molar-refractivity contribution < 1.29 is 24.0 Å². The van der Waals surface area contributed by atoms with Crippen LogP contribution in [0.15, 0.2) is 47.4 Å². The quantitative estimate of drug-likeness (QED) is 0.366. The zero-order valence-corrected chi connectivity index (χ0v) is 18.6. The summed E-state index contributed by atoms with van der Waals surface area (Å²) in [5.41, 5.74) is 2.29. The molecule has 164 valence electrons. The van der Waals surface area contributed by atoms with Crippen molar-refractivity contribution in [2.75, 3.05) is 6.26 Å². The van der Waals surface area contributed by atoms with Crippen LogP contribution in [0, 0.1) is 0 Å². The summed E-state index contributed by atoms with van der Waals surface area (Å²) in [6.45, 7) is 0. The Hall–Kier alpha value is -3.06. The fraction of sp³-hybridized carbons (Fsp3) is 0.320. The maximum Gasteiger partial charge on any atom is 0.262 e. The van der Waals surface area contributed by atoms with Gasteiger partial charge < -0.3 is 0 Å². The number of hydrogen-bond acceptors (Lipinski definition) is 6. The lowest BCUT2D eigenvalue weighted by atomic mass is 9.92. The molecule has 0 spiro atoms. The van der Waals surface area contributed by atoms with Crippen molar-refractivity contribution in [2.24, 2.45) is 0 Å². The molecule has 0 radical (unpaired) electrons. The first-order chi connectivity index (χ1) is 15.4. The van der Waals surface area contributed by atoms with Crippen LogP contribution in [-0.2, 0) is 27.2 Å². The Morgan fingerprint density at radius 1 is 0.969 bits per heavy atom. The number of hydrogen-bond donors (Lipinski definition) is 0. The molecule has 1 aliphatic carbocycles. The van der Waals surface area contributed by atoms with Gasteiger partial charge in [-0.25, -0.2) is 0 Å². The zero-order valence-electron chi connectivity index (χ0n) is 17.8. The SMILES string of the molecule is CSc1ccc(CC(=O)CCc2ccc3c(c2)C(=O)N(C2CCC(=O)CC2=O)C3=O)cc1. The molecular formula is C25H23NO5S. The smallest absolute Gasteiger partial charge is 0.262 e. The van der Waals surface area contributed by atoms with E-state index in [0.29, 0.717) is 19.3 Å². The Morgan fingerprint density at radius 2 is 1.66 bits per heavy atom. The highest BCUT2D eigenvalue weighted by Crippen LogP contribution is 2.30. The van der Waals surface area contributed by atoms with Crippen molar-refractivity contribution in [2.45, 2.75) is 49.5 Å². The van der Waals surface area contributed by atoms with E-state index in [9.17, 15) is 24.0 Å². The first-order valence-electron chi connectivity index (χ1n) is 10.6. The Kier molecular flexibility index (Phi) is 6.37. The van der Waals surface area contributed by atoms with Crippen LogP contribution in [0.5, 0.6) is 0 Å². The minimum atomic E-state index is -0.873. The highest BCUT2D eigenvalue weighted by molar-refractivity contribution is 7.98. The molecule has 0 N–H and O–H groups in total. The molecule has 0 saturated heterocycles. The number of amides is 2. The maximum absolute atomic E-state index is 12.9. The van der Waals surface area contributed by atoms with Crippen molar-refractivity contribution in [3.8, 4) is 0 Å². The summed E-state index contributed by atoms with van der Waals surface area (Å²) >= 11 is 1.65. The summed E-state index contributed by atoms with van der Waals surface area (Å²) in [4.78, 5) is 64.0. The van der Waals surface area contributed by atoms with Gasteiger partial charge in [0.05, 0.1) is 23.6 Å². The number of Topliss-reactive ketones (excluding diaryl/α,β-unsaturated/α-hetero) is 3. The second-order valence-corrected chi connectivity index (χ2v) is 9.04. The van der Waals surface area contributed by atoms with Gasteiger partial charge in [-0.05, 0) is 54.5 Å². The predicted octanol–water partition coefficient (Wildman–Crippen LogP) is 3.44. The lowest BCUT2D eigenvalue weighted by molar-refractivity contribution is -0.132. The molecular weight excluding hydrogens is 426 g/mol. The number of rotatable bonds is 7. The minimum absolute atomic E-state index is 0.101. The van der Waals surface area contributed by atoms with Crippen LogP contribution in [0.2, 0.25) is 0 Å². The third-order valence-corrected chi connectivity index (χ3v) is 6.73. The average Bonchev–Trinajstić information content (AvgIpc) is 3.03. The van der Waals surface area contributed by atoms with E-state index in [-0.39, 0.29) is 47.7 Å². The predicted molar refractivity (Wildman–Crippen MR) is 120 cm³/mol. The largest absolute Gasteiger partial charge is 0.299 e. The van der Waals surface area contributed by atoms with Crippen LogP contribution in [-0.4, -0.2) is 46.4 Å². The second kappa shape index (κ2) is 9.20. The topological polar surface area (TPSA) is 88.6 Å². The lowest BCUT2D eigenvalue weighted by Gasteiger charge is -2.27. The molecule has 7 heteroatoms. The molecule has 2 aliphatic rings. The molecule has 1 heterocycles. The zero-order chi connectivity index (χ0) is 22.8. The summed E-state index contributed by atoms with van der Waals surface area (Å²) in [6.07, 6.45) is 3.30. The number of nitrogens with zero attached hydrogens (tertiary/aromatic N) is 1. The van der Waals surface area contributed by atoms with Crippen LogP contribution < -0.4 is 0 Å². The number of carbonyl (C=O) groups excluding carboxylic acids is 5. The molecule has 1 saturated carbocycles. The molecule has 1 aliphatic heterocycles. The molecule has 1 unspecified atom stereocenters. The highest BCUT2D eigenvalue weighted by Gasteiger charge is 2.44. The average molecular weight is 450 g/mol. The summed E-state index contributed by atoms with van der Waals surface area (Å²) < 4.78 is 0. The fourth-order valence-corrected chi connectivity index (χ4v) is 4.63. The fourth-order valence-electron chi connectivity index (χ4n) is 4.22. The molecule has 32 heavy (non-hydrogen) atoms. The molecule has 6 nitrogen and oxygen atoms in total. The van der Waals surface area contributed by atoms with E-state index in [0.717, 1.165) is 20.9 Å². The Bertz CT molecular complexity index is 1120. The number of fused-ring (bicyclic) bond motifs is 1. The van der Waals surface area contributed by atoms with Gasteiger partial charge in [0, 0.05) is 24.2 Å². The van der Waals surface area contributed by atoms with E-state index in [1.807, 2.05) is 30.5 Å². The number of ketones is 3. The number of aryl methyl sites for hydroxylation is 1. The number of thioether (sulfide) groups is 1. The third kappa shape index (κ3) is 4.43. The van der Waals surface area contributed by atoms with Crippen LogP contribution in [0.4, 0.5) is 0 Å². The standard InChI is InChI=1S/C25H23NO5S/c1-32-19-8-3-15(4-9-19)12-17(27)6-2-16-5-10-20-21(13-16)25(31)26(24(20)30)22-11-7-18(28)14-23(22)29/h3-5,8-10,13,22H,2,6-7,11-12,14H2,1H3. The van der Waals surface area contributed by atoms with E-state index in [4.69, 9.17) is 0 Å². The van der Waals surface area contributed by atoms with Gasteiger partial charge in [0.1, 0.15) is 11.6 Å². The Balaban J connectivity index is 1.41. The molecule has 1 atom stereocenters. The van der Waals surface area contributed by atoms with E-state index in [1.54, 1.807) is 30.0 Å². The minimum Gasteiger partial charge on any atom is -0.299 e. The first kappa shape index (κ1) is 22.1. The molecule has 2 aromatic rings. The monoisotopic (exact) mass is 449 g/mol. The van der Waals surface area contributed by atoms with Crippen LogP contribution in [0.1, 0.15) is 57.5 Å². The molecule has 0 bridgehead atoms. The summed E-state index contributed by atoms with van der Waals surface area (Å²) in [5, 5.41) is 0. The Morgan fingerprint density at radius 3 is 2.34 bits per heavy atom.